The topological polar surface area (TPSA) is 107 Å². The van der Waals surface area contributed by atoms with Crippen LogP contribution in [0.2, 0.25) is 0 Å². The van der Waals surface area contributed by atoms with Gasteiger partial charge in [0.15, 0.2) is 0 Å². The van der Waals surface area contributed by atoms with Gasteiger partial charge in [0.2, 0.25) is 0 Å². The van der Waals surface area contributed by atoms with Crippen LogP contribution in [0.15, 0.2) is 24.3 Å². The Hall–Kier alpha value is -2.40. The van der Waals surface area contributed by atoms with Crippen LogP contribution in [0.4, 0.5) is 0 Å². The number of hydrogen-bond acceptors (Lipinski definition) is 5. The van der Waals surface area contributed by atoms with Gasteiger partial charge in [-0.05, 0) is 26.0 Å². The van der Waals surface area contributed by atoms with E-state index in [4.69, 9.17) is 5.73 Å². The Morgan fingerprint density at radius 2 is 1.19 bits per heavy atom. The average Bonchev–Trinajstić information content (AvgIpc) is 2.47. The summed E-state index contributed by atoms with van der Waals surface area (Å²) >= 11 is 0. The molecule has 2 rings (SSSR count). The van der Waals surface area contributed by atoms with Crippen molar-refractivity contribution < 1.29 is 20.4 Å². The Labute approximate surface area is 122 Å². The van der Waals surface area contributed by atoms with Gasteiger partial charge in [0.25, 0.3) is 0 Å². The molecule has 0 atom stereocenters. The lowest BCUT2D eigenvalue weighted by Gasteiger charge is -2.20. The maximum atomic E-state index is 10.2. The van der Waals surface area contributed by atoms with Crippen molar-refractivity contribution in [3.8, 4) is 23.0 Å². The van der Waals surface area contributed by atoms with E-state index >= 15 is 0 Å². The van der Waals surface area contributed by atoms with Crippen LogP contribution >= 0.6 is 0 Å². The summed E-state index contributed by atoms with van der Waals surface area (Å²) in [5.41, 5.74) is 7.57. The van der Waals surface area contributed by atoms with Gasteiger partial charge in [-0.2, -0.15) is 0 Å². The van der Waals surface area contributed by atoms with Crippen molar-refractivity contribution in [2.45, 2.75) is 19.8 Å². The Morgan fingerprint density at radius 3 is 1.52 bits per heavy atom. The molecule has 112 valence electrons. The third kappa shape index (κ3) is 2.48. The molecule has 0 radical (unpaired) electrons. The first-order valence-corrected chi connectivity index (χ1v) is 6.61. The molecule has 0 aromatic heterocycles. The van der Waals surface area contributed by atoms with Crippen LogP contribution in [0.3, 0.4) is 0 Å². The molecule has 0 unspecified atom stereocenters. The summed E-state index contributed by atoms with van der Waals surface area (Å²) in [5, 5.41) is 39.6. The van der Waals surface area contributed by atoms with Gasteiger partial charge < -0.3 is 26.2 Å². The van der Waals surface area contributed by atoms with Crippen LogP contribution in [0.5, 0.6) is 23.0 Å². The van der Waals surface area contributed by atoms with E-state index in [1.165, 1.54) is 12.1 Å². The summed E-state index contributed by atoms with van der Waals surface area (Å²) in [4.78, 5) is 0. The Morgan fingerprint density at radius 1 is 0.810 bits per heavy atom. The predicted octanol–water partition coefficient (Wildman–Crippen LogP) is 2.22. The molecule has 0 aliphatic rings. The normalized spacial score (nSPS) is 11.0. The van der Waals surface area contributed by atoms with E-state index in [0.717, 1.165) is 0 Å². The summed E-state index contributed by atoms with van der Waals surface area (Å²) in [7, 11) is 0. The van der Waals surface area contributed by atoms with Gasteiger partial charge in [0, 0.05) is 34.7 Å². The third-order valence-electron chi connectivity index (χ3n) is 3.85. The predicted molar refractivity (Wildman–Crippen MR) is 79.9 cm³/mol. The zero-order valence-electron chi connectivity index (χ0n) is 12.0. The van der Waals surface area contributed by atoms with Crippen molar-refractivity contribution in [2.24, 2.45) is 5.73 Å². The number of benzene rings is 2. The lowest BCUT2D eigenvalue weighted by Crippen LogP contribution is -2.14. The molecule has 0 amide bonds. The van der Waals surface area contributed by atoms with Gasteiger partial charge in [-0.1, -0.05) is 12.1 Å². The number of hydrogen-bond donors (Lipinski definition) is 5. The highest BCUT2D eigenvalue weighted by molar-refractivity contribution is 5.56. The fourth-order valence-corrected chi connectivity index (χ4v) is 2.40. The fourth-order valence-electron chi connectivity index (χ4n) is 2.40. The van der Waals surface area contributed by atoms with E-state index in [-0.39, 0.29) is 29.5 Å². The van der Waals surface area contributed by atoms with Crippen LogP contribution in [-0.2, 0) is 0 Å². The zero-order chi connectivity index (χ0) is 15.7. The van der Waals surface area contributed by atoms with Gasteiger partial charge in [0.1, 0.15) is 23.0 Å². The van der Waals surface area contributed by atoms with E-state index in [1.807, 2.05) is 0 Å². The molecule has 0 fully saturated rings. The number of nitrogens with two attached hydrogens (primary N) is 1. The lowest BCUT2D eigenvalue weighted by molar-refractivity contribution is 0.430. The summed E-state index contributed by atoms with van der Waals surface area (Å²) in [6.45, 7) is 3.36. The third-order valence-corrected chi connectivity index (χ3v) is 3.85. The molecule has 5 nitrogen and oxygen atoms in total. The molecule has 2 aromatic rings. The van der Waals surface area contributed by atoms with Crippen molar-refractivity contribution in [3.05, 3.63) is 46.5 Å². The van der Waals surface area contributed by atoms with Crippen molar-refractivity contribution in [2.75, 3.05) is 6.54 Å². The van der Waals surface area contributed by atoms with Gasteiger partial charge in [-0.15, -0.1) is 0 Å². The fraction of sp³-hybridized carbons (Fsp3) is 0.250. The number of aromatic hydroxyl groups is 4. The van der Waals surface area contributed by atoms with E-state index in [1.54, 1.807) is 26.0 Å². The summed E-state index contributed by atoms with van der Waals surface area (Å²) in [5.74, 6) is -0.536. The zero-order valence-corrected chi connectivity index (χ0v) is 12.0. The second kappa shape index (κ2) is 5.54. The summed E-state index contributed by atoms with van der Waals surface area (Å²) in [6.07, 6.45) is 0. The number of phenols is 4. The Bertz CT molecular complexity index is 625. The number of phenolic OH excluding ortho intramolecular Hbond substituents is 4. The Balaban J connectivity index is 2.61. The molecule has 0 heterocycles. The van der Waals surface area contributed by atoms with Gasteiger partial charge in [0.05, 0.1) is 0 Å². The average molecular weight is 289 g/mol. The first kappa shape index (κ1) is 15.0. The summed E-state index contributed by atoms with van der Waals surface area (Å²) < 4.78 is 0. The quantitative estimate of drug-likeness (QED) is 0.595. The molecule has 0 saturated carbocycles. The van der Waals surface area contributed by atoms with E-state index < -0.39 is 5.92 Å². The van der Waals surface area contributed by atoms with E-state index in [2.05, 4.69) is 0 Å². The molecule has 0 spiro atoms. The first-order chi connectivity index (χ1) is 9.88. The van der Waals surface area contributed by atoms with Crippen LogP contribution in [0.1, 0.15) is 28.2 Å². The van der Waals surface area contributed by atoms with Crippen molar-refractivity contribution in [1.82, 2.24) is 0 Å². The van der Waals surface area contributed by atoms with Crippen LogP contribution < -0.4 is 5.73 Å². The largest absolute Gasteiger partial charge is 0.508 e. The SMILES string of the molecule is Cc1c(O)ccc(C(CN)c2ccc(O)c(C)c2O)c1O. The molecular formula is C16H19NO4. The lowest BCUT2D eigenvalue weighted by atomic mass is 9.87. The van der Waals surface area contributed by atoms with Crippen LogP contribution in [0, 0.1) is 13.8 Å². The van der Waals surface area contributed by atoms with Crippen molar-refractivity contribution >= 4 is 0 Å². The minimum Gasteiger partial charge on any atom is -0.508 e. The monoisotopic (exact) mass is 289 g/mol. The minimum atomic E-state index is -0.441. The number of rotatable bonds is 3. The smallest absolute Gasteiger partial charge is 0.126 e. The molecule has 2 aromatic carbocycles. The van der Waals surface area contributed by atoms with E-state index in [9.17, 15) is 20.4 Å². The highest BCUT2D eigenvalue weighted by Crippen LogP contribution is 2.41. The van der Waals surface area contributed by atoms with E-state index in [0.29, 0.717) is 22.3 Å². The maximum Gasteiger partial charge on any atom is 0.126 e. The molecule has 0 saturated heterocycles. The molecular weight excluding hydrogens is 270 g/mol. The van der Waals surface area contributed by atoms with Gasteiger partial charge in [-0.3, -0.25) is 0 Å². The molecule has 21 heavy (non-hydrogen) atoms. The molecule has 0 bridgehead atoms. The first-order valence-electron chi connectivity index (χ1n) is 6.61. The second-order valence-electron chi connectivity index (χ2n) is 5.08. The van der Waals surface area contributed by atoms with Crippen molar-refractivity contribution in [1.29, 1.82) is 0 Å². The molecule has 0 aliphatic carbocycles. The molecule has 6 N–H and O–H groups in total. The minimum absolute atomic E-state index is 0.00173. The second-order valence-corrected chi connectivity index (χ2v) is 5.08. The van der Waals surface area contributed by atoms with Crippen LogP contribution in [-0.4, -0.2) is 27.0 Å². The molecule has 5 heteroatoms. The highest BCUT2D eigenvalue weighted by Gasteiger charge is 2.22. The van der Waals surface area contributed by atoms with Gasteiger partial charge >= 0.3 is 0 Å². The summed E-state index contributed by atoms with van der Waals surface area (Å²) in [6, 6.07) is 6.13. The Kier molecular flexibility index (Phi) is 3.95. The maximum absolute atomic E-state index is 10.2. The standard InChI is InChI=1S/C16H19NO4/c1-8-13(18)5-3-10(15(8)20)12(7-17)11-4-6-14(19)9(2)16(11)21/h3-6,12,18-21H,7,17H2,1-2H3. The van der Waals surface area contributed by atoms with Crippen molar-refractivity contribution in [3.63, 3.8) is 0 Å². The van der Waals surface area contributed by atoms with Crippen LogP contribution in [0.25, 0.3) is 0 Å². The molecule has 0 aliphatic heterocycles. The van der Waals surface area contributed by atoms with Gasteiger partial charge in [-0.25, -0.2) is 0 Å². The highest BCUT2D eigenvalue weighted by atomic mass is 16.3.